The van der Waals surface area contributed by atoms with E-state index in [1.165, 1.54) is 12.8 Å². The summed E-state index contributed by atoms with van der Waals surface area (Å²) in [6.07, 6.45) is 3.72. The minimum Gasteiger partial charge on any atom is -0.377 e. The second-order valence-corrected chi connectivity index (χ2v) is 5.15. The summed E-state index contributed by atoms with van der Waals surface area (Å²) in [5, 5.41) is 0. The van der Waals surface area contributed by atoms with E-state index in [4.69, 9.17) is 4.74 Å². The van der Waals surface area contributed by atoms with Gasteiger partial charge in [0.15, 0.2) is 0 Å². The molecule has 4 aliphatic carbocycles. The molecule has 0 N–H and O–H groups in total. The van der Waals surface area contributed by atoms with Gasteiger partial charge in [0.1, 0.15) is 0 Å². The summed E-state index contributed by atoms with van der Waals surface area (Å²) in [7, 11) is 0. The lowest BCUT2D eigenvalue weighted by Gasteiger charge is -2.64. The van der Waals surface area contributed by atoms with Gasteiger partial charge in [0, 0.05) is 5.41 Å². The fourth-order valence-electron chi connectivity index (χ4n) is 5.02. The van der Waals surface area contributed by atoms with Gasteiger partial charge in [0.05, 0.1) is 12.7 Å². The second-order valence-electron chi connectivity index (χ2n) is 5.15. The van der Waals surface area contributed by atoms with Crippen molar-refractivity contribution in [3.8, 4) is 0 Å². The molecule has 1 heterocycles. The molecular weight excluding hydrogens is 136 g/mol. The summed E-state index contributed by atoms with van der Waals surface area (Å²) < 4.78 is 5.84. The summed E-state index contributed by atoms with van der Waals surface area (Å²) in [6.45, 7) is 3.50. The zero-order chi connectivity index (χ0) is 7.22. The van der Waals surface area contributed by atoms with Crippen LogP contribution >= 0.6 is 0 Å². The van der Waals surface area contributed by atoms with Gasteiger partial charge in [-0.1, -0.05) is 6.92 Å². The Morgan fingerprint density at radius 1 is 1.45 bits per heavy atom. The normalized spacial score (nSPS) is 75.5. The third-order valence-corrected chi connectivity index (χ3v) is 5.14. The molecule has 6 atom stereocenters. The first-order valence-corrected chi connectivity index (χ1v) is 4.95. The van der Waals surface area contributed by atoms with Crippen molar-refractivity contribution in [3.63, 3.8) is 0 Å². The first-order valence-electron chi connectivity index (χ1n) is 4.95. The SMILES string of the molecule is CC1C2OCC3CC4CC32C41. The molecule has 1 heteroatoms. The average molecular weight is 150 g/mol. The van der Waals surface area contributed by atoms with Gasteiger partial charge in [-0.25, -0.2) is 0 Å². The van der Waals surface area contributed by atoms with Gasteiger partial charge in [0.2, 0.25) is 0 Å². The van der Waals surface area contributed by atoms with Crippen molar-refractivity contribution in [2.24, 2.45) is 29.1 Å². The minimum atomic E-state index is 0.691. The molecule has 0 radical (unpaired) electrons. The van der Waals surface area contributed by atoms with E-state index in [0.717, 1.165) is 35.7 Å². The Balaban J connectivity index is 1.89. The monoisotopic (exact) mass is 150 g/mol. The van der Waals surface area contributed by atoms with Crippen molar-refractivity contribution >= 4 is 0 Å². The molecule has 4 saturated carbocycles. The molecule has 1 nitrogen and oxygen atoms in total. The molecule has 0 aromatic heterocycles. The van der Waals surface area contributed by atoms with Crippen LogP contribution in [0, 0.1) is 29.1 Å². The topological polar surface area (TPSA) is 9.23 Å². The van der Waals surface area contributed by atoms with Crippen LogP contribution in [-0.4, -0.2) is 12.7 Å². The van der Waals surface area contributed by atoms with Gasteiger partial charge in [-0.2, -0.15) is 0 Å². The van der Waals surface area contributed by atoms with Crippen molar-refractivity contribution in [3.05, 3.63) is 0 Å². The molecule has 0 amide bonds. The van der Waals surface area contributed by atoms with Crippen molar-refractivity contribution < 1.29 is 4.74 Å². The molecule has 6 unspecified atom stereocenters. The van der Waals surface area contributed by atoms with Crippen molar-refractivity contribution in [2.75, 3.05) is 6.61 Å². The third-order valence-electron chi connectivity index (χ3n) is 5.14. The van der Waals surface area contributed by atoms with Crippen LogP contribution in [0.4, 0.5) is 0 Å². The lowest BCUT2D eigenvalue weighted by Crippen LogP contribution is -2.65. The Hall–Kier alpha value is -0.0400. The Bertz CT molecular complexity index is 227. The molecule has 5 aliphatic rings. The number of hydrogen-bond donors (Lipinski definition) is 0. The van der Waals surface area contributed by atoms with Crippen LogP contribution in [0.3, 0.4) is 0 Å². The van der Waals surface area contributed by atoms with Gasteiger partial charge in [-0.3, -0.25) is 0 Å². The molecule has 1 saturated heterocycles. The van der Waals surface area contributed by atoms with Gasteiger partial charge >= 0.3 is 0 Å². The van der Waals surface area contributed by atoms with Gasteiger partial charge in [0.25, 0.3) is 0 Å². The van der Waals surface area contributed by atoms with E-state index in [-0.39, 0.29) is 0 Å². The molecule has 5 rings (SSSR count). The van der Waals surface area contributed by atoms with Gasteiger partial charge in [-0.15, -0.1) is 0 Å². The Morgan fingerprint density at radius 3 is 3.27 bits per heavy atom. The number of rotatable bonds is 0. The predicted molar refractivity (Wildman–Crippen MR) is 41.0 cm³/mol. The fourth-order valence-corrected chi connectivity index (χ4v) is 5.02. The van der Waals surface area contributed by atoms with Crippen molar-refractivity contribution in [1.82, 2.24) is 0 Å². The molecule has 5 fully saturated rings. The van der Waals surface area contributed by atoms with Crippen LogP contribution in [0.25, 0.3) is 0 Å². The largest absolute Gasteiger partial charge is 0.377 e. The number of hydrogen-bond acceptors (Lipinski definition) is 1. The Kier molecular flexibility index (Phi) is 0.651. The standard InChI is InChI=1S/C10H14O/c1-5-8-6-2-7-4-11-9(5)10(7,8)3-6/h5-9H,2-4H2,1H3. The van der Waals surface area contributed by atoms with E-state index in [0.29, 0.717) is 6.10 Å². The first kappa shape index (κ1) is 5.58. The highest BCUT2D eigenvalue weighted by atomic mass is 16.5. The Morgan fingerprint density at radius 2 is 2.36 bits per heavy atom. The molecule has 0 aromatic rings. The summed E-state index contributed by atoms with van der Waals surface area (Å²) in [5.41, 5.74) is 0.754. The van der Waals surface area contributed by atoms with Crippen LogP contribution < -0.4 is 0 Å². The first-order chi connectivity index (χ1) is 5.34. The maximum atomic E-state index is 5.84. The fraction of sp³-hybridized carbons (Fsp3) is 1.00. The molecular formula is C10H14O. The quantitative estimate of drug-likeness (QED) is 0.510. The molecule has 0 aromatic carbocycles. The predicted octanol–water partition coefficient (Wildman–Crippen LogP) is 1.68. The van der Waals surface area contributed by atoms with E-state index >= 15 is 0 Å². The maximum absolute atomic E-state index is 5.84. The van der Waals surface area contributed by atoms with Crippen molar-refractivity contribution in [2.45, 2.75) is 25.9 Å². The molecule has 1 spiro atoms. The van der Waals surface area contributed by atoms with E-state index in [1.807, 2.05) is 0 Å². The second kappa shape index (κ2) is 1.28. The highest BCUT2D eigenvalue weighted by Gasteiger charge is 2.79. The highest BCUT2D eigenvalue weighted by Crippen LogP contribution is 2.80. The van der Waals surface area contributed by atoms with Crippen molar-refractivity contribution in [1.29, 1.82) is 0 Å². The van der Waals surface area contributed by atoms with Crippen LogP contribution in [0.2, 0.25) is 0 Å². The maximum Gasteiger partial charge on any atom is 0.0666 e. The molecule has 1 aliphatic heterocycles. The van der Waals surface area contributed by atoms with E-state index in [2.05, 4.69) is 6.92 Å². The molecule has 2 bridgehead atoms. The summed E-state index contributed by atoms with van der Waals surface area (Å²) in [4.78, 5) is 0. The van der Waals surface area contributed by atoms with Crippen LogP contribution in [-0.2, 0) is 4.74 Å². The lowest BCUT2D eigenvalue weighted by molar-refractivity contribution is -0.214. The van der Waals surface area contributed by atoms with Crippen LogP contribution in [0.5, 0.6) is 0 Å². The molecule has 11 heavy (non-hydrogen) atoms. The third kappa shape index (κ3) is 0.327. The van der Waals surface area contributed by atoms with Gasteiger partial charge < -0.3 is 4.74 Å². The number of ether oxygens (including phenoxy) is 1. The summed E-state index contributed by atoms with van der Waals surface area (Å²) in [5.74, 6) is 4.11. The summed E-state index contributed by atoms with van der Waals surface area (Å²) in [6, 6.07) is 0. The van der Waals surface area contributed by atoms with E-state index in [1.54, 1.807) is 0 Å². The average Bonchev–Trinajstić information content (AvgIpc) is 2.40. The summed E-state index contributed by atoms with van der Waals surface area (Å²) >= 11 is 0. The van der Waals surface area contributed by atoms with Crippen LogP contribution in [0.15, 0.2) is 0 Å². The lowest BCUT2D eigenvalue weighted by atomic mass is 9.41. The van der Waals surface area contributed by atoms with E-state index in [9.17, 15) is 0 Å². The molecule has 60 valence electrons. The van der Waals surface area contributed by atoms with Gasteiger partial charge in [-0.05, 0) is 36.5 Å². The van der Waals surface area contributed by atoms with E-state index < -0.39 is 0 Å². The minimum absolute atomic E-state index is 0.691. The zero-order valence-electron chi connectivity index (χ0n) is 6.92. The smallest absolute Gasteiger partial charge is 0.0666 e. The zero-order valence-corrected chi connectivity index (χ0v) is 6.92. The highest BCUT2D eigenvalue weighted by molar-refractivity contribution is 5.27. The Labute approximate surface area is 67.1 Å². The van der Waals surface area contributed by atoms with Crippen LogP contribution in [0.1, 0.15) is 19.8 Å².